The Balaban J connectivity index is 1.91. The van der Waals surface area contributed by atoms with Gasteiger partial charge in [-0.1, -0.05) is 19.8 Å². The van der Waals surface area contributed by atoms with E-state index < -0.39 is 0 Å². The third kappa shape index (κ3) is 3.13. The van der Waals surface area contributed by atoms with E-state index in [4.69, 9.17) is 0 Å². The molecule has 1 heterocycles. The highest BCUT2D eigenvalue weighted by molar-refractivity contribution is 7.99. The number of hydrogen-bond donors (Lipinski definition) is 1. The number of nitrogens with one attached hydrogen (secondary N) is 1. The first-order chi connectivity index (χ1) is 7.38. The third-order valence-corrected chi connectivity index (χ3v) is 3.58. The lowest BCUT2D eigenvalue weighted by Gasteiger charge is -2.12. The van der Waals surface area contributed by atoms with Gasteiger partial charge in [-0.3, -0.25) is 0 Å². The van der Waals surface area contributed by atoms with Gasteiger partial charge in [-0.25, -0.2) is 4.98 Å². The highest BCUT2D eigenvalue weighted by Crippen LogP contribution is 2.23. The molecule has 0 saturated heterocycles. The lowest BCUT2D eigenvalue weighted by atomic mass is 10.2. The summed E-state index contributed by atoms with van der Waals surface area (Å²) in [5.74, 6) is 1.09. The summed E-state index contributed by atoms with van der Waals surface area (Å²) in [5, 5.41) is 4.66. The zero-order valence-corrected chi connectivity index (χ0v) is 10.0. The van der Waals surface area contributed by atoms with Crippen LogP contribution >= 0.6 is 11.8 Å². The molecule has 1 aromatic rings. The molecule has 3 heteroatoms. The first-order valence-corrected chi connectivity index (χ1v) is 6.72. The molecule has 2 nitrogen and oxygen atoms in total. The van der Waals surface area contributed by atoms with E-state index in [9.17, 15) is 0 Å². The van der Waals surface area contributed by atoms with Crippen LogP contribution in [0.5, 0.6) is 0 Å². The van der Waals surface area contributed by atoms with Crippen LogP contribution in [0.1, 0.15) is 32.6 Å². The van der Waals surface area contributed by atoms with Crippen molar-refractivity contribution in [2.24, 2.45) is 0 Å². The van der Waals surface area contributed by atoms with Crippen molar-refractivity contribution in [3.63, 3.8) is 0 Å². The Morgan fingerprint density at radius 2 is 2.20 bits per heavy atom. The third-order valence-electron chi connectivity index (χ3n) is 2.75. The van der Waals surface area contributed by atoms with Crippen molar-refractivity contribution in [2.75, 3.05) is 11.1 Å². The average molecular weight is 222 g/mol. The van der Waals surface area contributed by atoms with Crippen LogP contribution in [-0.2, 0) is 0 Å². The van der Waals surface area contributed by atoms with Crippen molar-refractivity contribution in [3.05, 3.63) is 18.3 Å². The van der Waals surface area contributed by atoms with Crippen LogP contribution in [0.2, 0.25) is 0 Å². The topological polar surface area (TPSA) is 24.9 Å². The highest BCUT2D eigenvalue weighted by atomic mass is 32.2. The van der Waals surface area contributed by atoms with Crippen molar-refractivity contribution in [3.8, 4) is 0 Å². The fourth-order valence-corrected chi connectivity index (χ4v) is 2.59. The maximum atomic E-state index is 4.41. The van der Waals surface area contributed by atoms with Crippen molar-refractivity contribution < 1.29 is 0 Å². The second kappa shape index (κ2) is 5.40. The molecule has 2 rings (SSSR count). The van der Waals surface area contributed by atoms with E-state index in [0.29, 0.717) is 6.04 Å². The Labute approximate surface area is 95.9 Å². The van der Waals surface area contributed by atoms with Gasteiger partial charge in [0.2, 0.25) is 0 Å². The maximum absolute atomic E-state index is 4.41. The van der Waals surface area contributed by atoms with E-state index in [2.05, 4.69) is 29.4 Å². The fourth-order valence-electron chi connectivity index (χ4n) is 2.00. The molecule has 1 N–H and O–H groups in total. The van der Waals surface area contributed by atoms with Crippen LogP contribution in [-0.4, -0.2) is 16.8 Å². The van der Waals surface area contributed by atoms with Crippen molar-refractivity contribution in [2.45, 2.75) is 43.7 Å². The molecule has 0 unspecified atom stereocenters. The van der Waals surface area contributed by atoms with Crippen molar-refractivity contribution >= 4 is 17.4 Å². The second-order valence-electron chi connectivity index (χ2n) is 3.94. The Hall–Kier alpha value is -0.700. The average Bonchev–Trinajstić information content (AvgIpc) is 2.74. The largest absolute Gasteiger partial charge is 0.381 e. The Kier molecular flexibility index (Phi) is 3.89. The van der Waals surface area contributed by atoms with Crippen LogP contribution in [0.4, 0.5) is 5.69 Å². The predicted octanol–water partition coefficient (Wildman–Crippen LogP) is 3.55. The molecule has 0 bridgehead atoms. The van der Waals surface area contributed by atoms with Gasteiger partial charge in [0, 0.05) is 6.04 Å². The minimum atomic E-state index is 0.677. The van der Waals surface area contributed by atoms with Gasteiger partial charge in [0.15, 0.2) is 0 Å². The summed E-state index contributed by atoms with van der Waals surface area (Å²) >= 11 is 1.79. The molecule has 0 aliphatic heterocycles. The number of anilines is 1. The zero-order valence-electron chi connectivity index (χ0n) is 9.20. The molecule has 0 radical (unpaired) electrons. The van der Waals surface area contributed by atoms with Crippen LogP contribution in [0.25, 0.3) is 0 Å². The molecule has 1 fully saturated rings. The lowest BCUT2D eigenvalue weighted by Crippen LogP contribution is -2.14. The predicted molar refractivity (Wildman–Crippen MR) is 66.5 cm³/mol. The Morgan fingerprint density at radius 1 is 1.40 bits per heavy atom. The normalized spacial score (nSPS) is 16.9. The fraction of sp³-hybridized carbons (Fsp3) is 0.583. The molecular formula is C12H18N2S. The quantitative estimate of drug-likeness (QED) is 0.789. The highest BCUT2D eigenvalue weighted by Gasteiger charge is 2.14. The number of rotatable bonds is 4. The van der Waals surface area contributed by atoms with Gasteiger partial charge in [-0.2, -0.15) is 0 Å². The maximum Gasteiger partial charge on any atom is 0.0961 e. The van der Waals surface area contributed by atoms with Crippen LogP contribution in [0.3, 0.4) is 0 Å². The van der Waals surface area contributed by atoms with Gasteiger partial charge in [-0.15, -0.1) is 11.8 Å². The van der Waals surface area contributed by atoms with Gasteiger partial charge < -0.3 is 5.32 Å². The molecule has 0 atom stereocenters. The summed E-state index contributed by atoms with van der Waals surface area (Å²) in [6.45, 7) is 2.15. The van der Waals surface area contributed by atoms with Crippen molar-refractivity contribution in [1.82, 2.24) is 4.98 Å². The molecule has 1 aliphatic rings. The van der Waals surface area contributed by atoms with Crippen LogP contribution < -0.4 is 5.32 Å². The SMILES string of the molecule is CCSc1ccc(NC2CCCC2)cn1. The molecule has 1 saturated carbocycles. The number of pyridine rings is 1. The van der Waals surface area contributed by atoms with E-state index >= 15 is 0 Å². The first kappa shape index (κ1) is 10.8. The van der Waals surface area contributed by atoms with E-state index in [1.807, 2.05) is 6.20 Å². The molecular weight excluding hydrogens is 204 g/mol. The number of aromatic nitrogens is 1. The number of nitrogens with zero attached hydrogens (tertiary/aromatic N) is 1. The Morgan fingerprint density at radius 3 is 2.80 bits per heavy atom. The van der Waals surface area contributed by atoms with E-state index in [1.165, 1.54) is 31.4 Å². The zero-order chi connectivity index (χ0) is 10.5. The summed E-state index contributed by atoms with van der Waals surface area (Å²) in [5.41, 5.74) is 1.17. The van der Waals surface area contributed by atoms with E-state index in [1.54, 1.807) is 11.8 Å². The minimum absolute atomic E-state index is 0.677. The van der Waals surface area contributed by atoms with Gasteiger partial charge >= 0.3 is 0 Å². The molecule has 82 valence electrons. The monoisotopic (exact) mass is 222 g/mol. The summed E-state index contributed by atoms with van der Waals surface area (Å²) in [6, 6.07) is 4.92. The minimum Gasteiger partial charge on any atom is -0.381 e. The smallest absolute Gasteiger partial charge is 0.0961 e. The first-order valence-electron chi connectivity index (χ1n) is 5.74. The van der Waals surface area contributed by atoms with E-state index in [0.717, 1.165) is 10.8 Å². The van der Waals surface area contributed by atoms with E-state index in [-0.39, 0.29) is 0 Å². The molecule has 15 heavy (non-hydrogen) atoms. The molecule has 1 aliphatic carbocycles. The van der Waals surface area contributed by atoms with Gasteiger partial charge in [0.25, 0.3) is 0 Å². The van der Waals surface area contributed by atoms with Crippen LogP contribution in [0.15, 0.2) is 23.4 Å². The summed E-state index contributed by atoms with van der Waals surface area (Å²) in [6.07, 6.45) is 7.32. The molecule has 0 aromatic carbocycles. The summed E-state index contributed by atoms with van der Waals surface area (Å²) in [4.78, 5) is 4.41. The number of hydrogen-bond acceptors (Lipinski definition) is 3. The van der Waals surface area contributed by atoms with Crippen molar-refractivity contribution in [1.29, 1.82) is 0 Å². The van der Waals surface area contributed by atoms with Crippen LogP contribution in [0, 0.1) is 0 Å². The summed E-state index contributed by atoms with van der Waals surface area (Å²) < 4.78 is 0. The van der Waals surface area contributed by atoms with Gasteiger partial charge in [0.05, 0.1) is 16.9 Å². The number of thioether (sulfide) groups is 1. The van der Waals surface area contributed by atoms with Gasteiger partial charge in [-0.05, 0) is 30.7 Å². The molecule has 0 spiro atoms. The standard InChI is InChI=1S/C12H18N2S/c1-2-15-12-8-7-11(9-13-12)14-10-5-3-4-6-10/h7-10,14H,2-6H2,1H3. The Bertz CT molecular complexity index is 291. The summed E-state index contributed by atoms with van der Waals surface area (Å²) in [7, 11) is 0. The molecule has 0 amide bonds. The molecule has 1 aromatic heterocycles. The second-order valence-corrected chi connectivity index (χ2v) is 5.23. The lowest BCUT2D eigenvalue weighted by molar-refractivity contribution is 0.754. The van der Waals surface area contributed by atoms with Gasteiger partial charge in [0.1, 0.15) is 0 Å².